The summed E-state index contributed by atoms with van der Waals surface area (Å²) in [7, 11) is 0. The lowest BCUT2D eigenvalue weighted by Crippen LogP contribution is -2.45. The second-order valence-electron chi connectivity index (χ2n) is 5.45. The summed E-state index contributed by atoms with van der Waals surface area (Å²) in [6.45, 7) is 3.69. The van der Waals surface area contributed by atoms with Crippen molar-refractivity contribution in [2.75, 3.05) is 6.61 Å². The molecule has 1 atom stereocenters. The van der Waals surface area contributed by atoms with Crippen LogP contribution >= 0.6 is 23.8 Å². The fourth-order valence-electron chi connectivity index (χ4n) is 2.80. The van der Waals surface area contributed by atoms with Crippen LogP contribution in [0.5, 0.6) is 0 Å². The van der Waals surface area contributed by atoms with Gasteiger partial charge in [-0.2, -0.15) is 0 Å². The van der Waals surface area contributed by atoms with Gasteiger partial charge in [0.1, 0.15) is 5.58 Å². The Morgan fingerprint density at radius 3 is 2.88 bits per heavy atom. The summed E-state index contributed by atoms with van der Waals surface area (Å²) < 4.78 is 10.4. The average Bonchev–Trinajstić information content (AvgIpc) is 2.54. The molecule has 0 aliphatic carbocycles. The first-order valence-electron chi connectivity index (χ1n) is 7.59. The van der Waals surface area contributed by atoms with Crippen LogP contribution in [0.15, 0.2) is 44.7 Å². The molecule has 0 radical (unpaired) electrons. The quantitative estimate of drug-likeness (QED) is 0.483. The molecule has 1 aliphatic heterocycles. The van der Waals surface area contributed by atoms with Crippen LogP contribution in [0.4, 0.5) is 0 Å². The van der Waals surface area contributed by atoms with E-state index >= 15 is 0 Å². The van der Waals surface area contributed by atoms with Gasteiger partial charge in [-0.3, -0.25) is 0 Å². The minimum absolute atomic E-state index is 0.232. The maximum absolute atomic E-state index is 12.5. The smallest absolute Gasteiger partial charge is 0.338 e. The van der Waals surface area contributed by atoms with Gasteiger partial charge in [-0.05, 0) is 49.8 Å². The first-order chi connectivity index (χ1) is 11.9. The van der Waals surface area contributed by atoms with Crippen LogP contribution in [-0.4, -0.2) is 17.7 Å². The molecule has 0 saturated heterocycles. The molecule has 2 heterocycles. The molecule has 8 heteroatoms. The summed E-state index contributed by atoms with van der Waals surface area (Å²) in [5.74, 6) is -0.490. The molecule has 0 bridgehead atoms. The highest BCUT2D eigenvalue weighted by molar-refractivity contribution is 7.80. The number of nitrogens with one attached hydrogen (secondary N) is 2. The normalized spacial score (nSPS) is 17.2. The van der Waals surface area contributed by atoms with Gasteiger partial charge in [-0.15, -0.1) is 0 Å². The number of thiocarbonyl (C=S) groups is 1. The van der Waals surface area contributed by atoms with Gasteiger partial charge in [0.15, 0.2) is 5.11 Å². The van der Waals surface area contributed by atoms with Crippen molar-refractivity contribution in [2.45, 2.75) is 19.9 Å². The van der Waals surface area contributed by atoms with E-state index in [9.17, 15) is 9.59 Å². The van der Waals surface area contributed by atoms with Crippen molar-refractivity contribution in [3.8, 4) is 0 Å². The van der Waals surface area contributed by atoms with Gasteiger partial charge in [-0.25, -0.2) is 9.59 Å². The van der Waals surface area contributed by atoms with E-state index in [1.807, 2.05) is 0 Å². The van der Waals surface area contributed by atoms with Gasteiger partial charge < -0.3 is 19.8 Å². The fraction of sp³-hybridized carbons (Fsp3) is 0.235. The highest BCUT2D eigenvalue weighted by Gasteiger charge is 2.32. The zero-order valence-corrected chi connectivity index (χ0v) is 15.1. The summed E-state index contributed by atoms with van der Waals surface area (Å²) >= 11 is 11.3. The maximum Gasteiger partial charge on any atom is 0.338 e. The van der Waals surface area contributed by atoms with E-state index in [-0.39, 0.29) is 6.61 Å². The monoisotopic (exact) mass is 378 g/mol. The Morgan fingerprint density at radius 2 is 2.16 bits per heavy atom. The lowest BCUT2D eigenvalue weighted by atomic mass is 9.93. The zero-order chi connectivity index (χ0) is 18.1. The van der Waals surface area contributed by atoms with E-state index in [0.29, 0.717) is 37.9 Å². The van der Waals surface area contributed by atoms with E-state index in [4.69, 9.17) is 33.0 Å². The molecule has 0 fully saturated rings. The highest BCUT2D eigenvalue weighted by Crippen LogP contribution is 2.32. The SMILES string of the molecule is CCOC(=O)C1=C(C)NC(=S)NC1c1cc(=O)oc2ccc(Cl)cc12. The van der Waals surface area contributed by atoms with Gasteiger partial charge in [0.2, 0.25) is 0 Å². The summed E-state index contributed by atoms with van der Waals surface area (Å²) in [5.41, 5.74) is 1.30. The number of carbonyl (C=O) groups is 1. The van der Waals surface area contributed by atoms with E-state index in [0.717, 1.165) is 0 Å². The molecule has 1 unspecified atom stereocenters. The van der Waals surface area contributed by atoms with Crippen LogP contribution in [0, 0.1) is 0 Å². The Morgan fingerprint density at radius 1 is 1.40 bits per heavy atom. The van der Waals surface area contributed by atoms with Crippen LogP contribution in [0.2, 0.25) is 5.02 Å². The van der Waals surface area contributed by atoms with Crippen molar-refractivity contribution in [2.24, 2.45) is 0 Å². The van der Waals surface area contributed by atoms with Gasteiger partial charge in [-0.1, -0.05) is 11.6 Å². The van der Waals surface area contributed by atoms with E-state index < -0.39 is 17.6 Å². The summed E-state index contributed by atoms with van der Waals surface area (Å²) in [5, 5.41) is 7.39. The van der Waals surface area contributed by atoms with Gasteiger partial charge >= 0.3 is 11.6 Å². The molecule has 0 saturated carbocycles. The highest BCUT2D eigenvalue weighted by atomic mass is 35.5. The van der Waals surface area contributed by atoms with Crippen LogP contribution < -0.4 is 16.3 Å². The third-order valence-electron chi connectivity index (χ3n) is 3.81. The van der Waals surface area contributed by atoms with Crippen LogP contribution in [0.1, 0.15) is 25.5 Å². The standard InChI is InChI=1S/C17H15ClN2O4S/c1-3-23-16(22)14-8(2)19-17(25)20-15(14)11-7-13(21)24-12-5-4-9(18)6-10(11)12/h4-7,15H,3H2,1-2H3,(H2,19,20,25). The second-order valence-corrected chi connectivity index (χ2v) is 6.30. The molecule has 1 aromatic heterocycles. The molecule has 130 valence electrons. The molecule has 1 aliphatic rings. The number of hydrogen-bond donors (Lipinski definition) is 2. The number of rotatable bonds is 3. The third kappa shape index (κ3) is 3.38. The molecule has 0 spiro atoms. The second kappa shape index (κ2) is 6.85. The number of allylic oxidation sites excluding steroid dienone is 1. The Kier molecular flexibility index (Phi) is 4.78. The number of halogens is 1. The number of hydrogen-bond acceptors (Lipinski definition) is 5. The Bertz CT molecular complexity index is 967. The lowest BCUT2D eigenvalue weighted by molar-refractivity contribution is -0.139. The van der Waals surface area contributed by atoms with Crippen molar-refractivity contribution < 1.29 is 13.9 Å². The topological polar surface area (TPSA) is 80.6 Å². The van der Waals surface area contributed by atoms with Crippen LogP contribution in [0.3, 0.4) is 0 Å². The van der Waals surface area contributed by atoms with E-state index in [1.54, 1.807) is 32.0 Å². The molecule has 6 nitrogen and oxygen atoms in total. The predicted octanol–water partition coefficient (Wildman–Crippen LogP) is 2.80. The van der Waals surface area contributed by atoms with Gasteiger partial charge in [0, 0.05) is 22.2 Å². The maximum atomic E-state index is 12.5. The Labute approximate surface area is 153 Å². The van der Waals surface area contributed by atoms with Gasteiger partial charge in [0.25, 0.3) is 0 Å². The zero-order valence-electron chi connectivity index (χ0n) is 13.5. The first kappa shape index (κ1) is 17.4. The van der Waals surface area contributed by atoms with Crippen LogP contribution in [0.25, 0.3) is 11.0 Å². The molecule has 0 amide bonds. The minimum atomic E-state index is -0.655. The number of carbonyl (C=O) groups excluding carboxylic acids is 1. The predicted molar refractivity (Wildman–Crippen MR) is 98.4 cm³/mol. The van der Waals surface area contributed by atoms with E-state index in [2.05, 4.69) is 10.6 Å². The van der Waals surface area contributed by atoms with Crippen molar-refractivity contribution in [1.29, 1.82) is 0 Å². The molecule has 3 rings (SSSR count). The number of esters is 1. The van der Waals surface area contributed by atoms with Crippen LogP contribution in [-0.2, 0) is 9.53 Å². The lowest BCUT2D eigenvalue weighted by Gasteiger charge is -2.30. The number of benzene rings is 1. The molecule has 1 aromatic carbocycles. The summed E-state index contributed by atoms with van der Waals surface area (Å²) in [6, 6.07) is 5.60. The van der Waals surface area contributed by atoms with Gasteiger partial charge in [0.05, 0.1) is 18.2 Å². The van der Waals surface area contributed by atoms with E-state index in [1.165, 1.54) is 6.07 Å². The molecular weight excluding hydrogens is 364 g/mol. The number of fused-ring (bicyclic) bond motifs is 1. The van der Waals surface area contributed by atoms with Crippen molar-refractivity contribution in [3.05, 3.63) is 56.5 Å². The Balaban J connectivity index is 2.25. The third-order valence-corrected chi connectivity index (χ3v) is 4.27. The Hall–Kier alpha value is -2.38. The molecule has 25 heavy (non-hydrogen) atoms. The van der Waals surface area contributed by atoms with Crippen molar-refractivity contribution >= 4 is 45.9 Å². The van der Waals surface area contributed by atoms with Crippen molar-refractivity contribution in [3.63, 3.8) is 0 Å². The first-order valence-corrected chi connectivity index (χ1v) is 8.38. The minimum Gasteiger partial charge on any atom is -0.463 e. The average molecular weight is 379 g/mol. The molecular formula is C17H15ClN2O4S. The summed E-state index contributed by atoms with van der Waals surface area (Å²) in [6.07, 6.45) is 0. The summed E-state index contributed by atoms with van der Waals surface area (Å²) in [4.78, 5) is 24.4. The fourth-order valence-corrected chi connectivity index (χ4v) is 3.25. The number of ether oxygens (including phenoxy) is 1. The largest absolute Gasteiger partial charge is 0.463 e. The van der Waals surface area contributed by atoms with Crippen molar-refractivity contribution in [1.82, 2.24) is 10.6 Å². The molecule has 2 N–H and O–H groups in total. The molecule has 2 aromatic rings.